The van der Waals surface area contributed by atoms with Gasteiger partial charge in [-0.15, -0.1) is 0 Å². The summed E-state index contributed by atoms with van der Waals surface area (Å²) in [5, 5.41) is 19.9. The SMILES string of the molecule is O=C(O)C(Cc1ccc(CN2CCCCCC2)cc1)=C(Cc1ccc(CN2CCCCCC2)cc1)C(=O)O. The van der Waals surface area contributed by atoms with Crippen LogP contribution in [0.1, 0.15) is 73.6 Å². The van der Waals surface area contributed by atoms with Crippen LogP contribution in [0.3, 0.4) is 0 Å². The molecule has 0 saturated carbocycles. The first-order valence-electron chi connectivity index (χ1n) is 14.3. The normalized spacial score (nSPS) is 18.3. The van der Waals surface area contributed by atoms with Crippen LogP contribution in [0, 0.1) is 0 Å². The van der Waals surface area contributed by atoms with E-state index in [1.54, 1.807) is 0 Å². The number of hydrogen-bond acceptors (Lipinski definition) is 4. The number of carboxylic acid groups (broad SMARTS) is 2. The average Bonchev–Trinajstić information content (AvgIpc) is 3.33. The number of likely N-dealkylation sites (tertiary alicyclic amines) is 2. The Hall–Kier alpha value is -2.96. The fourth-order valence-electron chi connectivity index (χ4n) is 5.66. The van der Waals surface area contributed by atoms with Crippen molar-refractivity contribution in [1.29, 1.82) is 0 Å². The van der Waals surface area contributed by atoms with E-state index in [2.05, 4.69) is 9.80 Å². The molecule has 2 saturated heterocycles. The molecule has 0 atom stereocenters. The highest BCUT2D eigenvalue weighted by Crippen LogP contribution is 2.21. The fraction of sp³-hybridized carbons (Fsp3) is 0.500. The van der Waals surface area contributed by atoms with Crippen molar-refractivity contribution in [3.8, 4) is 0 Å². The average molecular weight is 519 g/mol. The summed E-state index contributed by atoms with van der Waals surface area (Å²) in [5.41, 5.74) is 3.94. The van der Waals surface area contributed by atoms with Crippen molar-refractivity contribution in [2.24, 2.45) is 0 Å². The molecule has 0 aliphatic carbocycles. The van der Waals surface area contributed by atoms with Crippen LogP contribution in [-0.4, -0.2) is 58.1 Å². The molecule has 2 heterocycles. The molecule has 6 nitrogen and oxygen atoms in total. The highest BCUT2D eigenvalue weighted by Gasteiger charge is 2.21. The zero-order chi connectivity index (χ0) is 26.7. The molecular weight excluding hydrogens is 476 g/mol. The van der Waals surface area contributed by atoms with E-state index in [-0.39, 0.29) is 24.0 Å². The fourth-order valence-corrected chi connectivity index (χ4v) is 5.66. The molecule has 2 aliphatic heterocycles. The topological polar surface area (TPSA) is 81.1 Å². The highest BCUT2D eigenvalue weighted by atomic mass is 16.4. The van der Waals surface area contributed by atoms with E-state index in [0.717, 1.165) is 50.4 Å². The summed E-state index contributed by atoms with van der Waals surface area (Å²) in [6.07, 6.45) is 10.3. The second kappa shape index (κ2) is 14.3. The standard InChI is InChI=1S/C32H42N2O4/c35-31(36)29(21-25-9-13-27(14-10-25)23-33-17-5-1-2-6-18-33)30(32(37)38)22-26-11-15-28(16-12-26)24-34-19-7-3-4-8-20-34/h9-16H,1-8,17-24H2,(H,35,36)(H,37,38). The third kappa shape index (κ3) is 8.53. The first kappa shape index (κ1) is 28.1. The van der Waals surface area contributed by atoms with Crippen LogP contribution in [0.5, 0.6) is 0 Å². The van der Waals surface area contributed by atoms with E-state index in [4.69, 9.17) is 0 Å². The zero-order valence-electron chi connectivity index (χ0n) is 22.5. The van der Waals surface area contributed by atoms with Gasteiger partial charge in [0.1, 0.15) is 0 Å². The van der Waals surface area contributed by atoms with E-state index in [0.29, 0.717) is 0 Å². The van der Waals surface area contributed by atoms with Gasteiger partial charge in [0, 0.05) is 25.9 Å². The number of hydrogen-bond donors (Lipinski definition) is 2. The molecule has 2 aromatic carbocycles. The van der Waals surface area contributed by atoms with Gasteiger partial charge in [-0.1, -0.05) is 74.2 Å². The number of carbonyl (C=O) groups is 2. The Balaban J connectivity index is 1.43. The molecule has 2 aliphatic rings. The Morgan fingerprint density at radius 2 is 0.789 bits per heavy atom. The molecule has 0 radical (unpaired) electrons. The third-order valence-electron chi connectivity index (χ3n) is 7.90. The molecule has 0 unspecified atom stereocenters. The van der Waals surface area contributed by atoms with E-state index in [9.17, 15) is 19.8 Å². The predicted molar refractivity (Wildman–Crippen MR) is 150 cm³/mol. The molecule has 38 heavy (non-hydrogen) atoms. The molecule has 4 rings (SSSR count). The number of nitrogens with zero attached hydrogens (tertiary/aromatic N) is 2. The Kier molecular flexibility index (Phi) is 10.5. The second-order valence-electron chi connectivity index (χ2n) is 10.9. The lowest BCUT2D eigenvalue weighted by molar-refractivity contribution is -0.136. The van der Waals surface area contributed by atoms with Crippen LogP contribution in [0.4, 0.5) is 0 Å². The minimum absolute atomic E-state index is 0.0496. The van der Waals surface area contributed by atoms with Gasteiger partial charge in [0.25, 0.3) is 0 Å². The van der Waals surface area contributed by atoms with Crippen molar-refractivity contribution < 1.29 is 19.8 Å². The van der Waals surface area contributed by atoms with Crippen LogP contribution < -0.4 is 0 Å². The lowest BCUT2D eigenvalue weighted by Crippen LogP contribution is -2.23. The molecule has 0 amide bonds. The minimum atomic E-state index is -1.17. The van der Waals surface area contributed by atoms with Gasteiger partial charge >= 0.3 is 11.9 Å². The summed E-state index contributed by atoms with van der Waals surface area (Å²) in [7, 11) is 0. The Bertz CT molecular complexity index is 988. The lowest BCUT2D eigenvalue weighted by Gasteiger charge is -2.20. The first-order valence-corrected chi connectivity index (χ1v) is 14.3. The summed E-state index contributed by atoms with van der Waals surface area (Å²) in [6, 6.07) is 15.9. The maximum absolute atomic E-state index is 12.2. The lowest BCUT2D eigenvalue weighted by atomic mass is 9.94. The van der Waals surface area contributed by atoms with Crippen molar-refractivity contribution in [3.63, 3.8) is 0 Å². The molecule has 0 bridgehead atoms. The van der Waals surface area contributed by atoms with Gasteiger partial charge in [0.05, 0.1) is 11.1 Å². The van der Waals surface area contributed by atoms with Crippen molar-refractivity contribution >= 4 is 11.9 Å². The molecule has 2 fully saturated rings. The largest absolute Gasteiger partial charge is 0.478 e. The summed E-state index contributed by atoms with van der Waals surface area (Å²) < 4.78 is 0. The van der Waals surface area contributed by atoms with E-state index < -0.39 is 11.9 Å². The van der Waals surface area contributed by atoms with E-state index in [1.165, 1.54) is 62.5 Å². The molecule has 204 valence electrons. The van der Waals surface area contributed by atoms with Gasteiger partial charge in [-0.2, -0.15) is 0 Å². The van der Waals surface area contributed by atoms with E-state index >= 15 is 0 Å². The monoisotopic (exact) mass is 518 g/mol. The maximum Gasteiger partial charge on any atom is 0.332 e. The Morgan fingerprint density at radius 1 is 0.500 bits per heavy atom. The van der Waals surface area contributed by atoms with Crippen molar-refractivity contribution in [2.45, 2.75) is 77.3 Å². The van der Waals surface area contributed by atoms with Crippen LogP contribution >= 0.6 is 0 Å². The van der Waals surface area contributed by atoms with Crippen LogP contribution in [0.25, 0.3) is 0 Å². The maximum atomic E-state index is 12.2. The van der Waals surface area contributed by atoms with Crippen molar-refractivity contribution in [2.75, 3.05) is 26.2 Å². The van der Waals surface area contributed by atoms with Gasteiger partial charge in [-0.05, 0) is 74.1 Å². The smallest absolute Gasteiger partial charge is 0.332 e. The highest BCUT2D eigenvalue weighted by molar-refractivity contribution is 5.99. The number of carboxylic acids is 2. The number of aliphatic carboxylic acids is 2. The molecular formula is C32H42N2O4. The van der Waals surface area contributed by atoms with Crippen molar-refractivity contribution in [3.05, 3.63) is 81.9 Å². The summed E-state index contributed by atoms with van der Waals surface area (Å²) in [4.78, 5) is 29.3. The van der Waals surface area contributed by atoms with Crippen LogP contribution in [0.15, 0.2) is 59.7 Å². The second-order valence-corrected chi connectivity index (χ2v) is 10.9. The third-order valence-corrected chi connectivity index (χ3v) is 7.90. The minimum Gasteiger partial charge on any atom is -0.478 e. The Labute approximate surface area is 227 Å². The number of rotatable bonds is 10. The Morgan fingerprint density at radius 3 is 1.08 bits per heavy atom. The number of benzene rings is 2. The molecule has 2 N–H and O–H groups in total. The molecule has 0 aromatic heterocycles. The summed E-state index contributed by atoms with van der Waals surface area (Å²) in [5.74, 6) is -2.34. The summed E-state index contributed by atoms with van der Waals surface area (Å²) >= 11 is 0. The predicted octanol–water partition coefficient (Wildman–Crippen LogP) is 5.69. The van der Waals surface area contributed by atoms with Gasteiger partial charge in [0.2, 0.25) is 0 Å². The van der Waals surface area contributed by atoms with Gasteiger partial charge < -0.3 is 10.2 Å². The zero-order valence-corrected chi connectivity index (χ0v) is 22.5. The van der Waals surface area contributed by atoms with Crippen LogP contribution in [-0.2, 0) is 35.5 Å². The molecule has 2 aromatic rings. The van der Waals surface area contributed by atoms with Crippen molar-refractivity contribution in [1.82, 2.24) is 9.80 Å². The quantitative estimate of drug-likeness (QED) is 0.393. The molecule has 0 spiro atoms. The molecule has 6 heteroatoms. The van der Waals surface area contributed by atoms with Gasteiger partial charge in [0.15, 0.2) is 0 Å². The first-order chi connectivity index (χ1) is 18.5. The van der Waals surface area contributed by atoms with E-state index in [1.807, 2.05) is 48.5 Å². The van der Waals surface area contributed by atoms with Gasteiger partial charge in [-0.25, -0.2) is 9.59 Å². The summed E-state index contributed by atoms with van der Waals surface area (Å²) in [6.45, 7) is 6.28. The van der Waals surface area contributed by atoms with Crippen LogP contribution in [0.2, 0.25) is 0 Å². The van der Waals surface area contributed by atoms with Gasteiger partial charge in [-0.3, -0.25) is 9.80 Å².